The number of halogens is 2. The highest BCUT2D eigenvalue weighted by Crippen LogP contribution is 2.30. The van der Waals surface area contributed by atoms with Crippen LogP contribution >= 0.6 is 15.9 Å². The van der Waals surface area contributed by atoms with E-state index in [1.165, 1.54) is 12.1 Å². The summed E-state index contributed by atoms with van der Waals surface area (Å²) in [6.45, 7) is 0.901. The predicted octanol–water partition coefficient (Wildman–Crippen LogP) is 3.68. The molecule has 0 aromatic heterocycles. The number of benzene rings is 2. The van der Waals surface area contributed by atoms with E-state index in [1.54, 1.807) is 13.2 Å². The molecule has 0 unspecified atom stereocenters. The van der Waals surface area contributed by atoms with Crippen LogP contribution in [0.4, 0.5) is 4.39 Å². The summed E-state index contributed by atoms with van der Waals surface area (Å²) in [5.41, 5.74) is 7.52. The van der Waals surface area contributed by atoms with E-state index in [9.17, 15) is 4.39 Å². The maximum atomic E-state index is 13.1. The highest BCUT2D eigenvalue weighted by Gasteiger charge is 2.08. The zero-order chi connectivity index (χ0) is 15.2. The molecule has 0 aliphatic heterocycles. The van der Waals surface area contributed by atoms with Crippen molar-refractivity contribution in [1.29, 1.82) is 0 Å². The normalized spacial score (nSPS) is 10.5. The first-order chi connectivity index (χ1) is 10.1. The molecule has 0 atom stereocenters. The van der Waals surface area contributed by atoms with Crippen molar-refractivity contribution in [3.8, 4) is 11.5 Å². The van der Waals surface area contributed by atoms with Gasteiger partial charge in [0.2, 0.25) is 0 Å². The lowest BCUT2D eigenvalue weighted by Crippen LogP contribution is -2.04. The van der Waals surface area contributed by atoms with Crippen molar-refractivity contribution in [1.82, 2.24) is 0 Å². The van der Waals surface area contributed by atoms with E-state index in [0.29, 0.717) is 29.1 Å². The van der Waals surface area contributed by atoms with Gasteiger partial charge in [-0.2, -0.15) is 0 Å². The Hall–Kier alpha value is -1.59. The molecule has 0 amide bonds. The Morgan fingerprint density at radius 2 is 1.95 bits per heavy atom. The van der Waals surface area contributed by atoms with Crippen molar-refractivity contribution >= 4 is 15.9 Å². The van der Waals surface area contributed by atoms with Crippen LogP contribution in [0.3, 0.4) is 0 Å². The van der Waals surface area contributed by atoms with Crippen LogP contribution in [0.25, 0.3) is 0 Å². The first-order valence-electron chi connectivity index (χ1n) is 6.57. The summed E-state index contributed by atoms with van der Waals surface area (Å²) in [6.07, 6.45) is 0.778. The fraction of sp³-hybridized carbons (Fsp3) is 0.250. The average molecular weight is 354 g/mol. The Morgan fingerprint density at radius 1 is 1.14 bits per heavy atom. The van der Waals surface area contributed by atoms with Crippen molar-refractivity contribution in [2.24, 2.45) is 5.73 Å². The van der Waals surface area contributed by atoms with Crippen LogP contribution in [0.15, 0.2) is 40.9 Å². The lowest BCUT2D eigenvalue weighted by atomic mass is 10.1. The van der Waals surface area contributed by atoms with E-state index in [-0.39, 0.29) is 5.82 Å². The summed E-state index contributed by atoms with van der Waals surface area (Å²) in [6, 6.07) is 10.3. The van der Waals surface area contributed by atoms with E-state index >= 15 is 0 Å². The third-order valence-corrected chi connectivity index (χ3v) is 3.80. The highest BCUT2D eigenvalue weighted by molar-refractivity contribution is 9.10. The minimum atomic E-state index is -0.284. The van der Waals surface area contributed by atoms with Crippen molar-refractivity contribution in [3.63, 3.8) is 0 Å². The fourth-order valence-electron chi connectivity index (χ4n) is 1.95. The van der Waals surface area contributed by atoms with Gasteiger partial charge in [-0.15, -0.1) is 0 Å². The third-order valence-electron chi connectivity index (χ3n) is 3.06. The first kappa shape index (κ1) is 15.8. The van der Waals surface area contributed by atoms with Crippen molar-refractivity contribution in [2.75, 3.05) is 13.7 Å². The van der Waals surface area contributed by atoms with Gasteiger partial charge in [-0.3, -0.25) is 0 Å². The molecule has 0 saturated heterocycles. The predicted molar refractivity (Wildman–Crippen MR) is 84.2 cm³/mol. The number of hydrogen-bond donors (Lipinski definition) is 1. The number of ether oxygens (including phenoxy) is 2. The van der Waals surface area contributed by atoms with Gasteiger partial charge in [0.05, 0.1) is 7.11 Å². The molecule has 0 radical (unpaired) electrons. The summed E-state index contributed by atoms with van der Waals surface area (Å²) in [5, 5.41) is 0. The molecule has 0 aliphatic rings. The summed E-state index contributed by atoms with van der Waals surface area (Å²) in [7, 11) is 1.60. The van der Waals surface area contributed by atoms with E-state index in [0.717, 1.165) is 17.5 Å². The number of methoxy groups -OCH3 is 1. The maximum absolute atomic E-state index is 13.1. The summed E-state index contributed by atoms with van der Waals surface area (Å²) in [5.74, 6) is 1.03. The van der Waals surface area contributed by atoms with Crippen LogP contribution in [-0.4, -0.2) is 13.7 Å². The molecule has 2 rings (SSSR count). The number of nitrogens with two attached hydrogens (primary N) is 1. The van der Waals surface area contributed by atoms with Crippen LogP contribution in [0.5, 0.6) is 11.5 Å². The summed E-state index contributed by atoms with van der Waals surface area (Å²) >= 11 is 3.33. The Morgan fingerprint density at radius 3 is 2.62 bits per heavy atom. The molecule has 21 heavy (non-hydrogen) atoms. The molecule has 2 aromatic rings. The van der Waals surface area contributed by atoms with Crippen molar-refractivity contribution < 1.29 is 13.9 Å². The molecule has 112 valence electrons. The second-order valence-electron chi connectivity index (χ2n) is 4.55. The maximum Gasteiger partial charge on any atom is 0.161 e. The molecule has 2 N–H and O–H groups in total. The monoisotopic (exact) mass is 353 g/mol. The Bertz CT molecular complexity index is 619. The molecular weight excluding hydrogens is 337 g/mol. The molecule has 5 heteroatoms. The number of hydrogen-bond acceptors (Lipinski definition) is 3. The summed E-state index contributed by atoms with van der Waals surface area (Å²) in [4.78, 5) is 0. The molecule has 0 heterocycles. The van der Waals surface area contributed by atoms with Crippen LogP contribution in [0.1, 0.15) is 11.1 Å². The minimum absolute atomic E-state index is 0.284. The topological polar surface area (TPSA) is 44.5 Å². The molecule has 2 aromatic carbocycles. The van der Waals surface area contributed by atoms with Crippen LogP contribution in [0, 0.1) is 5.82 Å². The van der Waals surface area contributed by atoms with Gasteiger partial charge in [-0.25, -0.2) is 4.39 Å². The van der Waals surface area contributed by atoms with Gasteiger partial charge < -0.3 is 15.2 Å². The van der Waals surface area contributed by atoms with Crippen molar-refractivity contribution in [3.05, 3.63) is 57.8 Å². The van der Waals surface area contributed by atoms with Gasteiger partial charge in [-0.05, 0) is 42.8 Å². The first-order valence-corrected chi connectivity index (χ1v) is 7.37. The largest absolute Gasteiger partial charge is 0.493 e. The molecule has 0 bridgehead atoms. The lowest BCUT2D eigenvalue weighted by Gasteiger charge is -2.13. The second-order valence-corrected chi connectivity index (χ2v) is 5.40. The second kappa shape index (κ2) is 7.43. The summed E-state index contributed by atoms with van der Waals surface area (Å²) < 4.78 is 24.8. The van der Waals surface area contributed by atoms with E-state index in [2.05, 4.69) is 15.9 Å². The van der Waals surface area contributed by atoms with Crippen LogP contribution in [0.2, 0.25) is 0 Å². The number of rotatable bonds is 6. The molecule has 0 spiro atoms. The molecule has 3 nitrogen and oxygen atoms in total. The van der Waals surface area contributed by atoms with Gasteiger partial charge in [0.1, 0.15) is 12.4 Å². The Balaban J connectivity index is 2.16. The van der Waals surface area contributed by atoms with Gasteiger partial charge in [0.25, 0.3) is 0 Å². The standard InChI is InChI=1S/C16H17BrFNO2/c1-20-15-5-2-11(6-7-19)8-16(15)21-10-12-3-4-13(18)9-14(12)17/h2-5,8-9H,6-7,10,19H2,1H3. The third kappa shape index (κ3) is 4.19. The lowest BCUT2D eigenvalue weighted by molar-refractivity contribution is 0.283. The molecule has 0 saturated carbocycles. The molecular formula is C16H17BrFNO2. The highest BCUT2D eigenvalue weighted by atomic mass is 79.9. The minimum Gasteiger partial charge on any atom is -0.493 e. The van der Waals surface area contributed by atoms with E-state index in [4.69, 9.17) is 15.2 Å². The van der Waals surface area contributed by atoms with Gasteiger partial charge in [-0.1, -0.05) is 28.1 Å². The quantitative estimate of drug-likeness (QED) is 0.861. The van der Waals surface area contributed by atoms with Gasteiger partial charge in [0, 0.05) is 10.0 Å². The molecule has 0 fully saturated rings. The van der Waals surface area contributed by atoms with E-state index < -0.39 is 0 Å². The average Bonchev–Trinajstić information content (AvgIpc) is 2.47. The Kier molecular flexibility index (Phi) is 5.59. The SMILES string of the molecule is COc1ccc(CCN)cc1OCc1ccc(F)cc1Br. The zero-order valence-corrected chi connectivity index (χ0v) is 13.3. The van der Waals surface area contributed by atoms with E-state index in [1.807, 2.05) is 18.2 Å². The van der Waals surface area contributed by atoms with Crippen LogP contribution in [-0.2, 0) is 13.0 Å². The van der Waals surface area contributed by atoms with Gasteiger partial charge in [0.15, 0.2) is 11.5 Å². The zero-order valence-electron chi connectivity index (χ0n) is 11.7. The molecule has 0 aliphatic carbocycles. The van der Waals surface area contributed by atoms with Crippen LogP contribution < -0.4 is 15.2 Å². The van der Waals surface area contributed by atoms with Crippen molar-refractivity contribution in [2.45, 2.75) is 13.0 Å². The van der Waals surface area contributed by atoms with Gasteiger partial charge >= 0.3 is 0 Å². The smallest absolute Gasteiger partial charge is 0.161 e. The fourth-order valence-corrected chi connectivity index (χ4v) is 2.42. The Labute approximate surface area is 132 Å².